The van der Waals surface area contributed by atoms with Gasteiger partial charge >= 0.3 is 0 Å². The summed E-state index contributed by atoms with van der Waals surface area (Å²) in [5.41, 5.74) is 1.94. The van der Waals surface area contributed by atoms with Crippen molar-refractivity contribution in [3.05, 3.63) is 46.7 Å². The van der Waals surface area contributed by atoms with E-state index in [2.05, 4.69) is 26.3 Å². The zero-order valence-electron chi connectivity index (χ0n) is 10.3. The van der Waals surface area contributed by atoms with Gasteiger partial charge in [0.2, 0.25) is 5.91 Å². The second kappa shape index (κ2) is 5.17. The molecule has 2 aromatic rings. The highest BCUT2D eigenvalue weighted by molar-refractivity contribution is 9.10. The summed E-state index contributed by atoms with van der Waals surface area (Å²) >= 11 is 3.41. The van der Waals surface area contributed by atoms with Crippen LogP contribution in [0.2, 0.25) is 0 Å². The van der Waals surface area contributed by atoms with Crippen LogP contribution >= 0.6 is 15.9 Å². The Labute approximate surface area is 119 Å². The summed E-state index contributed by atoms with van der Waals surface area (Å²) in [6.07, 6.45) is 5.58. The Bertz CT molecular complexity index is 587. The van der Waals surface area contributed by atoms with Crippen molar-refractivity contribution in [2.75, 3.05) is 5.32 Å². The molecule has 1 aromatic heterocycles. The van der Waals surface area contributed by atoms with Gasteiger partial charge in [0, 0.05) is 16.6 Å². The normalized spacial score (nSPS) is 14.4. The van der Waals surface area contributed by atoms with Crippen LogP contribution < -0.4 is 5.32 Å². The Hall–Kier alpha value is -1.62. The van der Waals surface area contributed by atoms with E-state index in [1.165, 1.54) is 5.56 Å². The molecular formula is C14H14BrN3O. The molecule has 98 valence electrons. The fraction of sp³-hybridized carbons (Fsp3) is 0.286. The highest BCUT2D eigenvalue weighted by Crippen LogP contribution is 2.30. The van der Waals surface area contributed by atoms with Crippen LogP contribution in [0.5, 0.6) is 0 Å². The number of hydrogen-bond acceptors (Lipinski definition) is 2. The first-order valence-corrected chi connectivity index (χ1v) is 7.08. The molecular weight excluding hydrogens is 306 g/mol. The molecule has 1 heterocycles. The van der Waals surface area contributed by atoms with Crippen LogP contribution in [-0.4, -0.2) is 15.7 Å². The van der Waals surface area contributed by atoms with Crippen molar-refractivity contribution in [1.29, 1.82) is 0 Å². The van der Waals surface area contributed by atoms with Crippen molar-refractivity contribution in [2.24, 2.45) is 5.92 Å². The largest absolute Gasteiger partial charge is 0.323 e. The Morgan fingerprint density at radius 3 is 2.79 bits per heavy atom. The first-order chi connectivity index (χ1) is 9.20. The van der Waals surface area contributed by atoms with E-state index in [9.17, 15) is 4.79 Å². The van der Waals surface area contributed by atoms with Crippen molar-refractivity contribution in [1.82, 2.24) is 9.78 Å². The number of nitrogens with zero attached hydrogens (tertiary/aromatic N) is 2. The Kier molecular flexibility index (Phi) is 3.38. The molecule has 0 atom stereocenters. The van der Waals surface area contributed by atoms with E-state index in [1.807, 2.05) is 35.1 Å². The number of anilines is 1. The predicted octanol–water partition coefficient (Wildman–Crippen LogP) is 3.04. The molecule has 0 bridgehead atoms. The van der Waals surface area contributed by atoms with E-state index in [0.717, 1.165) is 23.0 Å². The Morgan fingerprint density at radius 2 is 2.11 bits per heavy atom. The lowest BCUT2D eigenvalue weighted by atomic mass is 10.2. The smallest absolute Gasteiger partial charge is 0.227 e. The summed E-state index contributed by atoms with van der Waals surface area (Å²) in [5, 5.41) is 7.15. The first kappa shape index (κ1) is 12.4. The van der Waals surface area contributed by atoms with Crippen molar-refractivity contribution in [2.45, 2.75) is 19.4 Å². The van der Waals surface area contributed by atoms with Crippen LogP contribution in [0.25, 0.3) is 0 Å². The molecule has 0 unspecified atom stereocenters. The van der Waals surface area contributed by atoms with Crippen molar-refractivity contribution in [3.8, 4) is 0 Å². The van der Waals surface area contributed by atoms with Crippen LogP contribution in [0.3, 0.4) is 0 Å². The minimum absolute atomic E-state index is 0.114. The topological polar surface area (TPSA) is 46.9 Å². The molecule has 1 aliphatic rings. The Balaban J connectivity index is 1.64. The van der Waals surface area contributed by atoms with Gasteiger partial charge in [-0.2, -0.15) is 5.10 Å². The molecule has 1 N–H and O–H groups in total. The number of hydrogen-bond donors (Lipinski definition) is 1. The number of benzene rings is 1. The molecule has 1 fully saturated rings. The minimum atomic E-state index is 0.114. The minimum Gasteiger partial charge on any atom is -0.323 e. The lowest BCUT2D eigenvalue weighted by Gasteiger charge is -2.02. The summed E-state index contributed by atoms with van der Waals surface area (Å²) in [7, 11) is 0. The zero-order chi connectivity index (χ0) is 13.2. The van der Waals surface area contributed by atoms with E-state index in [1.54, 1.807) is 6.20 Å². The van der Waals surface area contributed by atoms with Gasteiger partial charge in [0.25, 0.3) is 0 Å². The maximum Gasteiger partial charge on any atom is 0.227 e. The first-order valence-electron chi connectivity index (χ1n) is 6.28. The third kappa shape index (κ3) is 3.23. The number of halogens is 1. The fourth-order valence-electron chi connectivity index (χ4n) is 1.88. The zero-order valence-corrected chi connectivity index (χ0v) is 11.9. The molecule has 5 heteroatoms. The van der Waals surface area contributed by atoms with Gasteiger partial charge in [0.05, 0.1) is 18.4 Å². The lowest BCUT2D eigenvalue weighted by Crippen LogP contribution is -2.12. The standard InChI is InChI=1S/C14H14BrN3O/c15-12-5-1-10(2-6-12)8-18-9-13(7-16-18)17-14(19)11-3-4-11/h1-2,5-7,9,11H,3-4,8H2,(H,17,19). The van der Waals surface area contributed by atoms with Gasteiger partial charge in [-0.25, -0.2) is 0 Å². The number of carbonyl (C=O) groups excluding carboxylic acids is 1. The van der Waals surface area contributed by atoms with Crippen LogP contribution in [0, 0.1) is 5.92 Å². The maximum atomic E-state index is 11.6. The van der Waals surface area contributed by atoms with E-state index in [-0.39, 0.29) is 11.8 Å². The average Bonchev–Trinajstić information content (AvgIpc) is 3.16. The maximum absolute atomic E-state index is 11.6. The SMILES string of the molecule is O=C(Nc1cnn(Cc2ccc(Br)cc2)c1)C1CC1. The summed E-state index contributed by atoms with van der Waals surface area (Å²) in [6.45, 7) is 0.701. The predicted molar refractivity (Wildman–Crippen MR) is 76.8 cm³/mol. The number of carbonyl (C=O) groups is 1. The van der Waals surface area contributed by atoms with E-state index >= 15 is 0 Å². The van der Waals surface area contributed by atoms with Crippen molar-refractivity contribution in [3.63, 3.8) is 0 Å². The van der Waals surface area contributed by atoms with Gasteiger partial charge in [0.1, 0.15) is 0 Å². The molecule has 3 rings (SSSR count). The van der Waals surface area contributed by atoms with Crippen LogP contribution in [-0.2, 0) is 11.3 Å². The highest BCUT2D eigenvalue weighted by Gasteiger charge is 2.29. The summed E-state index contributed by atoms with van der Waals surface area (Å²) in [6, 6.07) is 8.12. The molecule has 1 aromatic carbocycles. The van der Waals surface area contributed by atoms with Gasteiger partial charge in [-0.05, 0) is 30.5 Å². The molecule has 19 heavy (non-hydrogen) atoms. The molecule has 0 aliphatic heterocycles. The van der Waals surface area contributed by atoms with Crippen molar-refractivity contribution < 1.29 is 4.79 Å². The monoisotopic (exact) mass is 319 g/mol. The van der Waals surface area contributed by atoms with Crippen LogP contribution in [0.15, 0.2) is 41.1 Å². The van der Waals surface area contributed by atoms with Gasteiger partial charge in [-0.15, -0.1) is 0 Å². The summed E-state index contributed by atoms with van der Waals surface area (Å²) in [5.74, 6) is 0.331. The molecule has 0 saturated heterocycles. The molecule has 0 radical (unpaired) electrons. The van der Waals surface area contributed by atoms with E-state index < -0.39 is 0 Å². The van der Waals surface area contributed by atoms with Crippen LogP contribution in [0.1, 0.15) is 18.4 Å². The van der Waals surface area contributed by atoms with Gasteiger partial charge in [0.15, 0.2) is 0 Å². The third-order valence-corrected chi connectivity index (χ3v) is 3.64. The van der Waals surface area contributed by atoms with E-state index in [0.29, 0.717) is 6.54 Å². The fourth-order valence-corrected chi connectivity index (χ4v) is 2.15. The van der Waals surface area contributed by atoms with Gasteiger partial charge in [-0.1, -0.05) is 28.1 Å². The van der Waals surface area contributed by atoms with E-state index in [4.69, 9.17) is 0 Å². The van der Waals surface area contributed by atoms with Crippen molar-refractivity contribution >= 4 is 27.5 Å². The second-order valence-electron chi connectivity index (χ2n) is 4.82. The van der Waals surface area contributed by atoms with Gasteiger partial charge < -0.3 is 5.32 Å². The Morgan fingerprint density at radius 1 is 1.37 bits per heavy atom. The average molecular weight is 320 g/mol. The molecule has 1 saturated carbocycles. The number of rotatable bonds is 4. The second-order valence-corrected chi connectivity index (χ2v) is 5.73. The summed E-state index contributed by atoms with van der Waals surface area (Å²) < 4.78 is 2.89. The molecule has 4 nitrogen and oxygen atoms in total. The third-order valence-electron chi connectivity index (χ3n) is 3.11. The highest BCUT2D eigenvalue weighted by atomic mass is 79.9. The molecule has 0 spiro atoms. The number of nitrogens with one attached hydrogen (secondary N) is 1. The number of aromatic nitrogens is 2. The summed E-state index contributed by atoms with van der Waals surface area (Å²) in [4.78, 5) is 11.6. The van der Waals surface area contributed by atoms with Gasteiger partial charge in [-0.3, -0.25) is 9.48 Å². The number of amides is 1. The molecule has 1 aliphatic carbocycles. The molecule has 1 amide bonds. The quantitative estimate of drug-likeness (QED) is 0.941. The van der Waals surface area contributed by atoms with Crippen LogP contribution in [0.4, 0.5) is 5.69 Å². The lowest BCUT2D eigenvalue weighted by molar-refractivity contribution is -0.117.